The molecule has 1 heterocycles. The van der Waals surface area contributed by atoms with Crippen LogP contribution in [-0.4, -0.2) is 79.0 Å². The van der Waals surface area contributed by atoms with Gasteiger partial charge in [0.05, 0.1) is 19.3 Å². The van der Waals surface area contributed by atoms with E-state index in [1.54, 1.807) is 30.2 Å². The lowest BCUT2D eigenvalue weighted by Crippen LogP contribution is -2.53. The van der Waals surface area contributed by atoms with Gasteiger partial charge in [0.15, 0.2) is 11.5 Å². The Morgan fingerprint density at radius 2 is 2.00 bits per heavy atom. The molecule has 8 heteroatoms. The monoisotopic (exact) mass is 422 g/mol. The molecule has 0 saturated carbocycles. The summed E-state index contributed by atoms with van der Waals surface area (Å²) in [6, 6.07) is 5.00. The van der Waals surface area contributed by atoms with E-state index in [1.165, 1.54) is 4.90 Å². The maximum atomic E-state index is 13.4. The van der Waals surface area contributed by atoms with Crippen LogP contribution in [-0.2, 0) is 4.74 Å². The number of benzene rings is 1. The number of likely N-dealkylation sites (tertiary alicyclic amines) is 1. The molecule has 0 aliphatic carbocycles. The van der Waals surface area contributed by atoms with Gasteiger partial charge >= 0.3 is 6.09 Å². The molecule has 1 aromatic rings. The van der Waals surface area contributed by atoms with Gasteiger partial charge in [-0.1, -0.05) is 0 Å². The minimum Gasteiger partial charge on any atom is -0.490 e. The SMILES string of the molecule is CCOc1ccc(C(=O)N(C(C)C)[C@@H]2CCCN(C(=O)O)C2)cc1OCCCOC. The minimum atomic E-state index is -0.941. The molecule has 0 radical (unpaired) electrons. The molecule has 0 unspecified atom stereocenters. The molecule has 1 fully saturated rings. The van der Waals surface area contributed by atoms with Crippen LogP contribution in [0, 0.1) is 0 Å². The Bertz CT molecular complexity index is 709. The summed E-state index contributed by atoms with van der Waals surface area (Å²) in [6.07, 6.45) is 1.31. The summed E-state index contributed by atoms with van der Waals surface area (Å²) in [5.41, 5.74) is 0.501. The lowest BCUT2D eigenvalue weighted by Gasteiger charge is -2.40. The smallest absolute Gasteiger partial charge is 0.407 e. The van der Waals surface area contributed by atoms with Gasteiger partial charge in [-0.15, -0.1) is 0 Å². The topological polar surface area (TPSA) is 88.5 Å². The van der Waals surface area contributed by atoms with Crippen molar-refractivity contribution in [1.82, 2.24) is 9.80 Å². The quantitative estimate of drug-likeness (QED) is 0.581. The van der Waals surface area contributed by atoms with E-state index in [9.17, 15) is 14.7 Å². The van der Waals surface area contributed by atoms with Crippen LogP contribution in [0.15, 0.2) is 18.2 Å². The highest BCUT2D eigenvalue weighted by atomic mass is 16.5. The van der Waals surface area contributed by atoms with Crippen LogP contribution in [0.25, 0.3) is 0 Å². The van der Waals surface area contributed by atoms with E-state index in [2.05, 4.69) is 0 Å². The number of carboxylic acid groups (broad SMARTS) is 1. The number of carbonyl (C=O) groups is 2. The average molecular weight is 423 g/mol. The van der Waals surface area contributed by atoms with Crippen molar-refractivity contribution in [2.45, 2.75) is 52.1 Å². The molecule has 168 valence electrons. The zero-order valence-corrected chi connectivity index (χ0v) is 18.4. The molecule has 1 atom stereocenters. The Hall–Kier alpha value is -2.48. The largest absolute Gasteiger partial charge is 0.490 e. The van der Waals surface area contributed by atoms with E-state index < -0.39 is 6.09 Å². The standard InChI is InChI=1S/C22H34N2O6/c1-5-29-19-10-9-17(14-20(19)30-13-7-12-28-4)21(25)24(16(2)3)18-8-6-11-23(15-18)22(26)27/h9-10,14,16,18H,5-8,11-13,15H2,1-4H3,(H,26,27)/t18-/m1/s1. The molecule has 8 nitrogen and oxygen atoms in total. The number of amides is 2. The number of rotatable bonds is 10. The number of hydrogen-bond donors (Lipinski definition) is 1. The Kier molecular flexibility index (Phi) is 9.23. The molecule has 1 aliphatic rings. The third-order valence-electron chi connectivity index (χ3n) is 5.09. The average Bonchev–Trinajstić information content (AvgIpc) is 2.72. The first kappa shape index (κ1) is 23.8. The molecule has 2 amide bonds. The summed E-state index contributed by atoms with van der Waals surface area (Å²) in [5.74, 6) is 0.989. The number of nitrogens with zero attached hydrogens (tertiary/aromatic N) is 2. The molecule has 0 spiro atoms. The Labute approximate surface area is 178 Å². The minimum absolute atomic E-state index is 0.0612. The predicted octanol–water partition coefficient (Wildman–Crippen LogP) is 3.49. The molecule has 1 saturated heterocycles. The summed E-state index contributed by atoms with van der Waals surface area (Å²) in [5, 5.41) is 9.35. The third kappa shape index (κ3) is 6.26. The predicted molar refractivity (Wildman–Crippen MR) is 114 cm³/mol. The van der Waals surface area contributed by atoms with E-state index in [0.717, 1.165) is 19.3 Å². The van der Waals surface area contributed by atoms with Crippen LogP contribution in [0.5, 0.6) is 11.5 Å². The van der Waals surface area contributed by atoms with Crippen LogP contribution in [0.3, 0.4) is 0 Å². The van der Waals surface area contributed by atoms with Crippen molar-refractivity contribution in [3.63, 3.8) is 0 Å². The molecule has 0 bridgehead atoms. The van der Waals surface area contributed by atoms with E-state index in [4.69, 9.17) is 14.2 Å². The first-order chi connectivity index (χ1) is 14.4. The summed E-state index contributed by atoms with van der Waals surface area (Å²) in [4.78, 5) is 28.0. The van der Waals surface area contributed by atoms with Crippen LogP contribution < -0.4 is 9.47 Å². The number of methoxy groups -OCH3 is 1. The number of ether oxygens (including phenoxy) is 3. The zero-order chi connectivity index (χ0) is 22.1. The third-order valence-corrected chi connectivity index (χ3v) is 5.09. The van der Waals surface area contributed by atoms with Crippen molar-refractivity contribution in [2.75, 3.05) is 40.0 Å². The highest BCUT2D eigenvalue weighted by Crippen LogP contribution is 2.30. The van der Waals surface area contributed by atoms with Gasteiger partial charge in [-0.3, -0.25) is 4.79 Å². The van der Waals surface area contributed by atoms with E-state index in [0.29, 0.717) is 50.0 Å². The van der Waals surface area contributed by atoms with Crippen LogP contribution in [0.2, 0.25) is 0 Å². The van der Waals surface area contributed by atoms with Gasteiger partial charge in [0.2, 0.25) is 0 Å². The molecule has 1 N–H and O–H groups in total. The number of piperidine rings is 1. The van der Waals surface area contributed by atoms with Crippen LogP contribution >= 0.6 is 0 Å². The molecular formula is C22H34N2O6. The maximum Gasteiger partial charge on any atom is 0.407 e. The normalized spacial score (nSPS) is 16.4. The summed E-state index contributed by atoms with van der Waals surface area (Å²) in [7, 11) is 1.64. The van der Waals surface area contributed by atoms with Crippen molar-refractivity contribution in [1.29, 1.82) is 0 Å². The highest BCUT2D eigenvalue weighted by Gasteiger charge is 2.32. The van der Waals surface area contributed by atoms with Gasteiger partial charge < -0.3 is 29.1 Å². The van der Waals surface area contributed by atoms with Crippen LogP contribution in [0.1, 0.15) is 50.4 Å². The van der Waals surface area contributed by atoms with E-state index >= 15 is 0 Å². The summed E-state index contributed by atoms with van der Waals surface area (Å²) < 4.78 is 16.5. The van der Waals surface area contributed by atoms with E-state index in [1.807, 2.05) is 20.8 Å². The Morgan fingerprint density at radius 1 is 1.23 bits per heavy atom. The lowest BCUT2D eigenvalue weighted by molar-refractivity contribution is 0.0449. The van der Waals surface area contributed by atoms with Crippen molar-refractivity contribution in [3.05, 3.63) is 23.8 Å². The fourth-order valence-electron chi connectivity index (χ4n) is 3.74. The first-order valence-electron chi connectivity index (χ1n) is 10.6. The molecule has 0 aromatic heterocycles. The fraction of sp³-hybridized carbons (Fsp3) is 0.636. The molecule has 2 rings (SSSR count). The second kappa shape index (κ2) is 11.6. The number of hydrogen-bond acceptors (Lipinski definition) is 5. The van der Waals surface area contributed by atoms with Crippen LogP contribution in [0.4, 0.5) is 4.79 Å². The van der Waals surface area contributed by atoms with Gasteiger partial charge in [-0.25, -0.2) is 4.79 Å². The lowest BCUT2D eigenvalue weighted by atomic mass is 10.0. The van der Waals surface area contributed by atoms with Gasteiger partial charge in [-0.05, 0) is 51.8 Å². The zero-order valence-electron chi connectivity index (χ0n) is 18.4. The summed E-state index contributed by atoms with van der Waals surface area (Å²) >= 11 is 0. The highest BCUT2D eigenvalue weighted by molar-refractivity contribution is 5.95. The molecule has 30 heavy (non-hydrogen) atoms. The molecular weight excluding hydrogens is 388 g/mol. The van der Waals surface area contributed by atoms with E-state index in [-0.39, 0.29) is 18.0 Å². The van der Waals surface area contributed by atoms with Crippen molar-refractivity contribution >= 4 is 12.0 Å². The van der Waals surface area contributed by atoms with Gasteiger partial charge in [0.25, 0.3) is 5.91 Å². The van der Waals surface area contributed by atoms with Crippen molar-refractivity contribution < 1.29 is 28.9 Å². The second-order valence-electron chi connectivity index (χ2n) is 7.62. The first-order valence-corrected chi connectivity index (χ1v) is 10.6. The number of carbonyl (C=O) groups excluding carboxylic acids is 1. The summed E-state index contributed by atoms with van der Waals surface area (Å²) in [6.45, 7) is 8.17. The maximum absolute atomic E-state index is 13.4. The molecule has 1 aromatic carbocycles. The Morgan fingerprint density at radius 3 is 2.63 bits per heavy atom. The van der Waals surface area contributed by atoms with Gasteiger partial charge in [-0.2, -0.15) is 0 Å². The second-order valence-corrected chi connectivity index (χ2v) is 7.62. The molecule has 1 aliphatic heterocycles. The van der Waals surface area contributed by atoms with Crippen molar-refractivity contribution in [2.24, 2.45) is 0 Å². The van der Waals surface area contributed by atoms with Gasteiger partial charge in [0.1, 0.15) is 0 Å². The Balaban J connectivity index is 2.23. The van der Waals surface area contributed by atoms with Crippen molar-refractivity contribution in [3.8, 4) is 11.5 Å². The van der Waals surface area contributed by atoms with Gasteiger partial charge in [0, 0.05) is 44.8 Å². The fourth-order valence-corrected chi connectivity index (χ4v) is 3.74.